The molecule has 3 nitrogen and oxygen atoms in total. The van der Waals surface area contributed by atoms with E-state index in [4.69, 9.17) is 0 Å². The molecule has 3 rings (SSSR count). The summed E-state index contributed by atoms with van der Waals surface area (Å²) in [4.78, 5) is 11.5. The van der Waals surface area contributed by atoms with Gasteiger partial charge in [-0.3, -0.25) is 0 Å². The molecule has 2 aromatic heterocycles. The Morgan fingerprint density at radius 2 is 2.38 bits per heavy atom. The Balaban J connectivity index is 2.01. The van der Waals surface area contributed by atoms with E-state index in [0.717, 1.165) is 29.0 Å². The average molecular weight is 237 g/mol. The molecule has 5 heteroatoms. The lowest BCUT2D eigenvalue weighted by Gasteiger charge is -2.30. The molecule has 1 fully saturated rings. The Hall–Kier alpha value is -1.23. The van der Waals surface area contributed by atoms with Gasteiger partial charge in [-0.05, 0) is 24.3 Å². The van der Waals surface area contributed by atoms with Gasteiger partial charge in [0.05, 0.1) is 11.9 Å². The predicted octanol–water partition coefficient (Wildman–Crippen LogP) is 2.63. The summed E-state index contributed by atoms with van der Waals surface area (Å²) in [6.07, 6.45) is 2.42. The van der Waals surface area contributed by atoms with Crippen molar-refractivity contribution in [1.29, 1.82) is 0 Å². The molecule has 0 saturated carbocycles. The fraction of sp³-hybridized carbons (Fsp3) is 0.455. The maximum Gasteiger partial charge on any atom is 0.140 e. The standard InChI is InChI=1S/C11H12FN3S/c12-8-2-1-4-15(6-8)10-9-3-5-16-11(9)14-7-13-10/h3,5,7-8H,1-2,4,6H2. The molecule has 16 heavy (non-hydrogen) atoms. The predicted molar refractivity (Wildman–Crippen MR) is 63.8 cm³/mol. The molecule has 1 atom stereocenters. The minimum atomic E-state index is -0.725. The summed E-state index contributed by atoms with van der Waals surface area (Å²) in [6, 6.07) is 2.01. The molecule has 2 aromatic rings. The summed E-state index contributed by atoms with van der Waals surface area (Å²) >= 11 is 1.59. The van der Waals surface area contributed by atoms with Crippen LogP contribution in [0.15, 0.2) is 17.8 Å². The quantitative estimate of drug-likeness (QED) is 0.763. The zero-order valence-corrected chi connectivity index (χ0v) is 9.58. The van der Waals surface area contributed by atoms with Gasteiger partial charge in [0.15, 0.2) is 0 Å². The number of fused-ring (bicyclic) bond motifs is 1. The van der Waals surface area contributed by atoms with Gasteiger partial charge in [-0.1, -0.05) is 0 Å². The normalized spacial score (nSPS) is 21.6. The summed E-state index contributed by atoms with van der Waals surface area (Å²) in [5, 5.41) is 3.04. The lowest BCUT2D eigenvalue weighted by Crippen LogP contribution is -2.36. The van der Waals surface area contributed by atoms with E-state index in [1.165, 1.54) is 0 Å². The highest BCUT2D eigenvalue weighted by atomic mass is 32.1. The highest BCUT2D eigenvalue weighted by molar-refractivity contribution is 7.16. The molecule has 0 radical (unpaired) electrons. The van der Waals surface area contributed by atoms with Crippen LogP contribution in [0.5, 0.6) is 0 Å². The fourth-order valence-corrected chi connectivity index (χ4v) is 2.87. The fourth-order valence-electron chi connectivity index (χ4n) is 2.15. The van der Waals surface area contributed by atoms with Gasteiger partial charge >= 0.3 is 0 Å². The molecule has 0 bridgehead atoms. The largest absolute Gasteiger partial charge is 0.353 e. The highest BCUT2D eigenvalue weighted by Gasteiger charge is 2.21. The number of aromatic nitrogens is 2. The summed E-state index contributed by atoms with van der Waals surface area (Å²) < 4.78 is 13.4. The first-order valence-corrected chi connectivity index (χ1v) is 6.30. The summed E-state index contributed by atoms with van der Waals surface area (Å²) in [5.41, 5.74) is 0. The minimum absolute atomic E-state index is 0.460. The van der Waals surface area contributed by atoms with Gasteiger partial charge in [-0.25, -0.2) is 14.4 Å². The third kappa shape index (κ3) is 1.65. The van der Waals surface area contributed by atoms with E-state index in [9.17, 15) is 4.39 Å². The van der Waals surface area contributed by atoms with E-state index in [1.54, 1.807) is 17.7 Å². The Labute approximate surface area is 96.9 Å². The zero-order chi connectivity index (χ0) is 11.0. The van der Waals surface area contributed by atoms with E-state index in [-0.39, 0.29) is 0 Å². The smallest absolute Gasteiger partial charge is 0.140 e. The van der Waals surface area contributed by atoms with Crippen LogP contribution in [0.2, 0.25) is 0 Å². The lowest BCUT2D eigenvalue weighted by atomic mass is 10.1. The maximum atomic E-state index is 13.4. The van der Waals surface area contributed by atoms with E-state index in [1.807, 2.05) is 16.3 Å². The Morgan fingerprint density at radius 1 is 1.44 bits per heavy atom. The van der Waals surface area contributed by atoms with Crippen molar-refractivity contribution in [2.75, 3.05) is 18.0 Å². The van der Waals surface area contributed by atoms with Gasteiger partial charge in [-0.2, -0.15) is 0 Å². The molecule has 0 aromatic carbocycles. The first-order valence-electron chi connectivity index (χ1n) is 5.42. The van der Waals surface area contributed by atoms with Crippen molar-refractivity contribution in [3.05, 3.63) is 17.8 Å². The number of hydrogen-bond acceptors (Lipinski definition) is 4. The van der Waals surface area contributed by atoms with Crippen LogP contribution in [0.4, 0.5) is 10.2 Å². The van der Waals surface area contributed by atoms with E-state index in [2.05, 4.69) is 9.97 Å². The second-order valence-electron chi connectivity index (χ2n) is 4.02. The van der Waals surface area contributed by atoms with Gasteiger partial charge in [0.25, 0.3) is 0 Å². The Bertz CT molecular complexity index is 499. The van der Waals surface area contributed by atoms with Gasteiger partial charge < -0.3 is 4.90 Å². The second kappa shape index (κ2) is 3.97. The number of anilines is 1. The number of thiophene rings is 1. The molecule has 0 N–H and O–H groups in total. The summed E-state index contributed by atoms with van der Waals surface area (Å²) in [5.74, 6) is 0.883. The SMILES string of the molecule is FC1CCCN(c2ncnc3sccc23)C1. The molecule has 0 aliphatic carbocycles. The summed E-state index contributed by atoms with van der Waals surface area (Å²) in [6.45, 7) is 1.35. The topological polar surface area (TPSA) is 29.0 Å². The van der Waals surface area contributed by atoms with Crippen LogP contribution in [0.1, 0.15) is 12.8 Å². The molecule has 1 unspecified atom stereocenters. The molecular formula is C11H12FN3S. The molecule has 1 aliphatic heterocycles. The molecular weight excluding hydrogens is 225 g/mol. The van der Waals surface area contributed by atoms with E-state index < -0.39 is 6.17 Å². The monoisotopic (exact) mass is 237 g/mol. The Morgan fingerprint density at radius 3 is 3.25 bits per heavy atom. The van der Waals surface area contributed by atoms with Crippen LogP contribution < -0.4 is 4.90 Å². The molecule has 84 valence electrons. The van der Waals surface area contributed by atoms with Crippen LogP contribution in [0.3, 0.4) is 0 Å². The first-order chi connectivity index (χ1) is 7.84. The van der Waals surface area contributed by atoms with E-state index in [0.29, 0.717) is 13.0 Å². The van der Waals surface area contributed by atoms with Gasteiger partial charge in [0.1, 0.15) is 23.1 Å². The third-order valence-electron chi connectivity index (χ3n) is 2.90. The number of halogens is 1. The molecule has 0 spiro atoms. The highest BCUT2D eigenvalue weighted by Crippen LogP contribution is 2.28. The van der Waals surface area contributed by atoms with Crippen molar-refractivity contribution in [1.82, 2.24) is 9.97 Å². The zero-order valence-electron chi connectivity index (χ0n) is 8.77. The molecule has 1 saturated heterocycles. The molecule has 1 aliphatic rings. The number of alkyl halides is 1. The van der Waals surface area contributed by atoms with Crippen LogP contribution in [0.25, 0.3) is 10.2 Å². The van der Waals surface area contributed by atoms with Crippen molar-refractivity contribution >= 4 is 27.4 Å². The molecule has 3 heterocycles. The number of rotatable bonds is 1. The maximum absolute atomic E-state index is 13.4. The third-order valence-corrected chi connectivity index (χ3v) is 3.72. The van der Waals surface area contributed by atoms with Gasteiger partial charge in [0.2, 0.25) is 0 Å². The van der Waals surface area contributed by atoms with Crippen LogP contribution in [-0.4, -0.2) is 29.2 Å². The van der Waals surface area contributed by atoms with Crippen molar-refractivity contribution in [3.63, 3.8) is 0 Å². The van der Waals surface area contributed by atoms with Crippen LogP contribution in [-0.2, 0) is 0 Å². The van der Waals surface area contributed by atoms with Crippen LogP contribution in [0, 0.1) is 0 Å². The van der Waals surface area contributed by atoms with Crippen molar-refractivity contribution in [2.45, 2.75) is 19.0 Å². The first kappa shape index (κ1) is 9.96. The van der Waals surface area contributed by atoms with Gasteiger partial charge in [0, 0.05) is 6.54 Å². The number of piperidine rings is 1. The van der Waals surface area contributed by atoms with Crippen molar-refractivity contribution < 1.29 is 4.39 Å². The molecule has 0 amide bonds. The minimum Gasteiger partial charge on any atom is -0.353 e. The lowest BCUT2D eigenvalue weighted by molar-refractivity contribution is 0.286. The summed E-state index contributed by atoms with van der Waals surface area (Å²) in [7, 11) is 0. The van der Waals surface area contributed by atoms with Crippen molar-refractivity contribution in [3.8, 4) is 0 Å². The second-order valence-corrected chi connectivity index (χ2v) is 4.92. The van der Waals surface area contributed by atoms with Crippen LogP contribution >= 0.6 is 11.3 Å². The van der Waals surface area contributed by atoms with Gasteiger partial charge in [-0.15, -0.1) is 11.3 Å². The number of hydrogen-bond donors (Lipinski definition) is 0. The average Bonchev–Trinajstić information content (AvgIpc) is 2.76. The number of nitrogens with zero attached hydrogens (tertiary/aromatic N) is 3. The van der Waals surface area contributed by atoms with E-state index >= 15 is 0 Å². The Kier molecular flexibility index (Phi) is 2.47. The van der Waals surface area contributed by atoms with Crippen molar-refractivity contribution in [2.24, 2.45) is 0 Å².